The lowest BCUT2D eigenvalue weighted by Gasteiger charge is -2.18. The van der Waals surface area contributed by atoms with Crippen LogP contribution in [-0.4, -0.2) is 18.3 Å². The maximum atomic E-state index is 13.7. The van der Waals surface area contributed by atoms with E-state index in [1.54, 1.807) is 0 Å². The number of rotatable bonds is 2. The number of hydrogen-bond acceptors (Lipinski definition) is 2. The van der Waals surface area contributed by atoms with E-state index in [1.807, 2.05) is 0 Å². The fourth-order valence-electron chi connectivity index (χ4n) is 1.85. The summed E-state index contributed by atoms with van der Waals surface area (Å²) in [5, 5.41) is 9.93. The monoisotopic (exact) mass is 292 g/mol. The van der Waals surface area contributed by atoms with E-state index in [-0.39, 0.29) is 16.0 Å². The Balaban J connectivity index is 2.34. The molecule has 0 aliphatic carbocycles. The minimum atomic E-state index is -1.15. The Hall–Kier alpha value is -0.520. The summed E-state index contributed by atoms with van der Waals surface area (Å²) in [6.45, 7) is 0.867. The van der Waals surface area contributed by atoms with Gasteiger partial charge in [0.2, 0.25) is 0 Å². The Morgan fingerprint density at radius 3 is 2.81 bits per heavy atom. The standard InChI is InChI=1S/C11H11BrF2O2/c12-7-1-2-8(13)9(10(7)14)11(15)6-3-4-16-5-6/h1-2,6,11,15H,3-5H2. The topological polar surface area (TPSA) is 29.5 Å². The van der Waals surface area contributed by atoms with E-state index in [9.17, 15) is 13.9 Å². The second-order valence-corrected chi connectivity index (χ2v) is 4.68. The van der Waals surface area contributed by atoms with E-state index in [4.69, 9.17) is 4.74 Å². The highest BCUT2D eigenvalue weighted by molar-refractivity contribution is 9.10. The number of ether oxygens (including phenoxy) is 1. The van der Waals surface area contributed by atoms with Crippen LogP contribution in [0.25, 0.3) is 0 Å². The summed E-state index contributed by atoms with van der Waals surface area (Å²) in [4.78, 5) is 0. The van der Waals surface area contributed by atoms with E-state index >= 15 is 0 Å². The van der Waals surface area contributed by atoms with Crippen LogP contribution in [-0.2, 0) is 4.74 Å². The molecule has 1 heterocycles. The third kappa shape index (κ3) is 2.12. The molecule has 1 aromatic carbocycles. The zero-order valence-electron chi connectivity index (χ0n) is 8.42. The van der Waals surface area contributed by atoms with Gasteiger partial charge in [0.05, 0.1) is 22.7 Å². The largest absolute Gasteiger partial charge is 0.388 e. The van der Waals surface area contributed by atoms with Crippen molar-refractivity contribution >= 4 is 15.9 Å². The highest BCUT2D eigenvalue weighted by Crippen LogP contribution is 2.34. The molecule has 16 heavy (non-hydrogen) atoms. The van der Waals surface area contributed by atoms with E-state index in [2.05, 4.69) is 15.9 Å². The zero-order chi connectivity index (χ0) is 11.7. The molecule has 2 nitrogen and oxygen atoms in total. The Morgan fingerprint density at radius 2 is 2.19 bits per heavy atom. The molecule has 0 amide bonds. The van der Waals surface area contributed by atoms with Gasteiger partial charge in [0.1, 0.15) is 11.6 Å². The van der Waals surface area contributed by atoms with Crippen LogP contribution in [0.15, 0.2) is 16.6 Å². The van der Waals surface area contributed by atoms with Gasteiger partial charge in [-0.1, -0.05) is 0 Å². The lowest BCUT2D eigenvalue weighted by Crippen LogP contribution is -2.15. The van der Waals surface area contributed by atoms with Crippen molar-refractivity contribution in [1.82, 2.24) is 0 Å². The van der Waals surface area contributed by atoms with Gasteiger partial charge in [-0.05, 0) is 34.5 Å². The number of aliphatic hydroxyl groups excluding tert-OH is 1. The first kappa shape index (κ1) is 12.0. The molecule has 2 rings (SSSR count). The van der Waals surface area contributed by atoms with Gasteiger partial charge in [-0.3, -0.25) is 0 Å². The maximum absolute atomic E-state index is 13.7. The first-order chi connectivity index (χ1) is 7.61. The van der Waals surface area contributed by atoms with Crippen LogP contribution in [0, 0.1) is 17.6 Å². The second-order valence-electron chi connectivity index (χ2n) is 3.83. The Morgan fingerprint density at radius 1 is 1.44 bits per heavy atom. The fraction of sp³-hybridized carbons (Fsp3) is 0.455. The third-order valence-corrected chi connectivity index (χ3v) is 3.40. The van der Waals surface area contributed by atoms with Crippen molar-refractivity contribution in [3.63, 3.8) is 0 Å². The SMILES string of the molecule is OC(c1c(F)ccc(Br)c1F)C1CCOC1. The van der Waals surface area contributed by atoms with Crippen LogP contribution >= 0.6 is 15.9 Å². The lowest BCUT2D eigenvalue weighted by molar-refractivity contribution is 0.0857. The van der Waals surface area contributed by atoms with E-state index in [1.165, 1.54) is 6.07 Å². The molecule has 88 valence electrons. The molecule has 2 atom stereocenters. The number of halogens is 3. The highest BCUT2D eigenvalue weighted by atomic mass is 79.9. The molecule has 1 saturated heterocycles. The number of hydrogen-bond donors (Lipinski definition) is 1. The molecule has 1 aliphatic heterocycles. The molecule has 0 saturated carbocycles. The second kappa shape index (κ2) is 4.77. The van der Waals surface area contributed by atoms with Gasteiger partial charge in [-0.15, -0.1) is 0 Å². The van der Waals surface area contributed by atoms with Crippen molar-refractivity contribution in [2.45, 2.75) is 12.5 Å². The minimum absolute atomic E-state index is 0.155. The summed E-state index contributed by atoms with van der Waals surface area (Å²) in [6.07, 6.45) is -0.535. The van der Waals surface area contributed by atoms with E-state index in [0.29, 0.717) is 19.6 Å². The summed E-state index contributed by atoms with van der Waals surface area (Å²) in [5.41, 5.74) is -0.273. The summed E-state index contributed by atoms with van der Waals surface area (Å²) < 4.78 is 32.4. The molecule has 1 aromatic rings. The Bertz CT molecular complexity index is 392. The molecule has 0 spiro atoms. The van der Waals surface area contributed by atoms with Gasteiger partial charge in [-0.2, -0.15) is 0 Å². The molecule has 1 fully saturated rings. The van der Waals surface area contributed by atoms with Crippen LogP contribution in [0.5, 0.6) is 0 Å². The molecule has 0 aromatic heterocycles. The van der Waals surface area contributed by atoms with Gasteiger partial charge >= 0.3 is 0 Å². The van der Waals surface area contributed by atoms with Crippen LogP contribution in [0.2, 0.25) is 0 Å². The van der Waals surface area contributed by atoms with Crippen LogP contribution < -0.4 is 0 Å². The third-order valence-electron chi connectivity index (χ3n) is 2.79. The van der Waals surface area contributed by atoms with Gasteiger partial charge in [-0.25, -0.2) is 8.78 Å². The van der Waals surface area contributed by atoms with Gasteiger partial charge in [0.15, 0.2) is 0 Å². The molecular weight excluding hydrogens is 282 g/mol. The van der Waals surface area contributed by atoms with Crippen molar-refractivity contribution < 1.29 is 18.6 Å². The Labute approximate surface area is 100 Å². The lowest BCUT2D eigenvalue weighted by atomic mass is 9.94. The zero-order valence-corrected chi connectivity index (χ0v) is 10.0. The van der Waals surface area contributed by atoms with Crippen LogP contribution in [0.4, 0.5) is 8.78 Å². The molecule has 5 heteroatoms. The van der Waals surface area contributed by atoms with Crippen molar-refractivity contribution in [2.75, 3.05) is 13.2 Å². The molecule has 2 unspecified atom stereocenters. The van der Waals surface area contributed by atoms with Crippen molar-refractivity contribution in [2.24, 2.45) is 5.92 Å². The maximum Gasteiger partial charge on any atom is 0.146 e. The van der Waals surface area contributed by atoms with Gasteiger partial charge in [0, 0.05) is 12.5 Å². The van der Waals surface area contributed by atoms with E-state index in [0.717, 1.165) is 6.07 Å². The average molecular weight is 293 g/mol. The van der Waals surface area contributed by atoms with Gasteiger partial charge < -0.3 is 9.84 Å². The predicted molar refractivity (Wildman–Crippen MR) is 57.9 cm³/mol. The fourth-order valence-corrected chi connectivity index (χ4v) is 2.20. The number of benzene rings is 1. The quantitative estimate of drug-likeness (QED) is 0.850. The molecule has 0 radical (unpaired) electrons. The Kier molecular flexibility index (Phi) is 3.56. The smallest absolute Gasteiger partial charge is 0.146 e. The first-order valence-electron chi connectivity index (χ1n) is 5.00. The number of aliphatic hydroxyl groups is 1. The highest BCUT2D eigenvalue weighted by Gasteiger charge is 2.30. The average Bonchev–Trinajstić information content (AvgIpc) is 2.77. The van der Waals surface area contributed by atoms with Crippen molar-refractivity contribution in [3.8, 4) is 0 Å². The van der Waals surface area contributed by atoms with E-state index < -0.39 is 17.7 Å². The molecule has 0 bridgehead atoms. The van der Waals surface area contributed by atoms with Crippen molar-refractivity contribution in [1.29, 1.82) is 0 Å². The summed E-state index contributed by atoms with van der Waals surface area (Å²) in [7, 11) is 0. The summed E-state index contributed by atoms with van der Waals surface area (Å²) in [5.74, 6) is -1.70. The van der Waals surface area contributed by atoms with Crippen molar-refractivity contribution in [3.05, 3.63) is 33.8 Å². The summed E-state index contributed by atoms with van der Waals surface area (Å²) in [6, 6.07) is 2.42. The first-order valence-corrected chi connectivity index (χ1v) is 5.79. The molecule has 1 N–H and O–H groups in total. The molecule has 1 aliphatic rings. The molecular formula is C11H11BrF2O2. The van der Waals surface area contributed by atoms with Crippen LogP contribution in [0.1, 0.15) is 18.1 Å². The van der Waals surface area contributed by atoms with Gasteiger partial charge in [0.25, 0.3) is 0 Å². The normalized spacial score (nSPS) is 22.4. The van der Waals surface area contributed by atoms with Crippen LogP contribution in [0.3, 0.4) is 0 Å². The minimum Gasteiger partial charge on any atom is -0.388 e. The predicted octanol–water partition coefficient (Wildman–Crippen LogP) is 2.80. The summed E-state index contributed by atoms with van der Waals surface area (Å²) >= 11 is 2.97.